The van der Waals surface area contributed by atoms with E-state index in [1.54, 1.807) is 0 Å². The molecule has 0 saturated heterocycles. The van der Waals surface area contributed by atoms with E-state index in [4.69, 9.17) is 0 Å². The number of thiophene rings is 1. The predicted molar refractivity (Wildman–Crippen MR) is 97.9 cm³/mol. The maximum Gasteiger partial charge on any atom is 0.395 e. The molecule has 1 heterocycles. The van der Waals surface area contributed by atoms with E-state index in [-0.39, 0.29) is 22.6 Å². The van der Waals surface area contributed by atoms with Crippen LogP contribution < -0.4 is 5.32 Å². The van der Waals surface area contributed by atoms with Crippen molar-refractivity contribution >= 4 is 32.8 Å². The van der Waals surface area contributed by atoms with Crippen molar-refractivity contribution < 1.29 is 30.8 Å². The van der Waals surface area contributed by atoms with Gasteiger partial charge in [0.05, 0.1) is 16.7 Å². The maximum atomic E-state index is 13.3. The van der Waals surface area contributed by atoms with E-state index in [9.17, 15) is 30.8 Å². The van der Waals surface area contributed by atoms with Crippen molar-refractivity contribution in [3.8, 4) is 0 Å². The molecule has 1 aliphatic rings. The summed E-state index contributed by atoms with van der Waals surface area (Å²) < 4.78 is 77.4. The monoisotopic (exact) mass is 435 g/mol. The zero-order chi connectivity index (χ0) is 20.9. The van der Waals surface area contributed by atoms with Gasteiger partial charge >= 0.3 is 6.18 Å². The Morgan fingerprint density at radius 2 is 1.86 bits per heavy atom. The van der Waals surface area contributed by atoms with Gasteiger partial charge in [-0.05, 0) is 56.5 Å². The first-order valence-electron chi connectivity index (χ1n) is 8.32. The number of benzene rings is 1. The first-order valence-corrected chi connectivity index (χ1v) is 10.8. The van der Waals surface area contributed by atoms with E-state index < -0.39 is 38.9 Å². The molecule has 3 rings (SSSR count). The molecule has 1 amide bonds. The van der Waals surface area contributed by atoms with Crippen LogP contribution >= 0.6 is 11.3 Å². The van der Waals surface area contributed by atoms with E-state index in [1.165, 1.54) is 32.0 Å². The summed E-state index contributed by atoms with van der Waals surface area (Å²) in [5.41, 5.74) is -1.47. The number of rotatable bonds is 5. The number of alkyl halides is 3. The molecule has 0 bridgehead atoms. The molecule has 1 fully saturated rings. The quantitative estimate of drug-likeness (QED) is 0.682. The first kappa shape index (κ1) is 20.8. The van der Waals surface area contributed by atoms with E-state index in [0.717, 1.165) is 17.4 Å². The molecule has 0 spiro atoms. The van der Waals surface area contributed by atoms with Gasteiger partial charge in [-0.2, -0.15) is 13.2 Å². The van der Waals surface area contributed by atoms with Crippen LogP contribution in [0.3, 0.4) is 0 Å². The Morgan fingerprint density at radius 1 is 1.21 bits per heavy atom. The second-order valence-electron chi connectivity index (χ2n) is 6.99. The highest BCUT2D eigenvalue weighted by molar-refractivity contribution is 7.93. The first-order chi connectivity index (χ1) is 12.8. The SMILES string of the molecule is Cc1cc(NC(=O)c2cc(S(=O)(=O)CC3(C(F)(F)F)CC3)sc2C)ccc1F. The van der Waals surface area contributed by atoms with E-state index >= 15 is 0 Å². The molecule has 28 heavy (non-hydrogen) atoms. The number of hydrogen-bond donors (Lipinski definition) is 1. The Bertz CT molecular complexity index is 1040. The van der Waals surface area contributed by atoms with Crippen LogP contribution in [-0.4, -0.2) is 26.3 Å². The van der Waals surface area contributed by atoms with Crippen molar-refractivity contribution in [2.45, 2.75) is 37.1 Å². The highest BCUT2D eigenvalue weighted by Crippen LogP contribution is 2.58. The lowest BCUT2D eigenvalue weighted by Crippen LogP contribution is -2.31. The van der Waals surface area contributed by atoms with Crippen LogP contribution in [0.4, 0.5) is 23.2 Å². The summed E-state index contributed by atoms with van der Waals surface area (Å²) >= 11 is 0.769. The Morgan fingerprint density at radius 3 is 2.39 bits per heavy atom. The number of carbonyl (C=O) groups is 1. The van der Waals surface area contributed by atoms with Gasteiger partial charge in [0.1, 0.15) is 10.0 Å². The summed E-state index contributed by atoms with van der Waals surface area (Å²) in [4.78, 5) is 12.8. The fourth-order valence-corrected chi connectivity index (χ4v) is 6.27. The van der Waals surface area contributed by atoms with E-state index in [2.05, 4.69) is 5.32 Å². The summed E-state index contributed by atoms with van der Waals surface area (Å²) in [7, 11) is -4.19. The summed E-state index contributed by atoms with van der Waals surface area (Å²) in [6.45, 7) is 3.05. The highest BCUT2D eigenvalue weighted by Gasteiger charge is 2.65. The second kappa shape index (κ2) is 6.84. The van der Waals surface area contributed by atoms with Gasteiger partial charge in [-0.25, -0.2) is 12.8 Å². The van der Waals surface area contributed by atoms with Gasteiger partial charge in [0.15, 0.2) is 9.84 Å². The third-order valence-corrected chi connectivity index (χ3v) is 8.30. The van der Waals surface area contributed by atoms with E-state index in [0.29, 0.717) is 16.1 Å². The fourth-order valence-electron chi connectivity index (χ4n) is 2.85. The lowest BCUT2D eigenvalue weighted by Gasteiger charge is -2.18. The lowest BCUT2D eigenvalue weighted by atomic mass is 10.1. The van der Waals surface area contributed by atoms with Crippen LogP contribution in [0.2, 0.25) is 0 Å². The molecule has 1 aliphatic carbocycles. The van der Waals surface area contributed by atoms with Gasteiger partial charge in [-0.15, -0.1) is 11.3 Å². The number of carbonyl (C=O) groups excluding carboxylic acids is 1. The molecule has 0 unspecified atom stereocenters. The fraction of sp³-hybridized carbons (Fsp3) is 0.389. The number of sulfone groups is 1. The van der Waals surface area contributed by atoms with Gasteiger partial charge < -0.3 is 5.32 Å². The molecule has 152 valence electrons. The molecule has 4 nitrogen and oxygen atoms in total. The number of halogens is 4. The third kappa shape index (κ3) is 3.93. The van der Waals surface area contributed by atoms with Gasteiger partial charge in [-0.1, -0.05) is 0 Å². The minimum atomic E-state index is -4.58. The summed E-state index contributed by atoms with van der Waals surface area (Å²) in [5.74, 6) is -2.06. The molecule has 0 radical (unpaired) electrons. The number of anilines is 1. The lowest BCUT2D eigenvalue weighted by molar-refractivity contribution is -0.180. The Hall–Kier alpha value is -1.94. The Labute approximate surface area is 163 Å². The Kier molecular flexibility index (Phi) is 5.08. The van der Waals surface area contributed by atoms with Gasteiger partial charge in [0.2, 0.25) is 0 Å². The number of nitrogens with one attached hydrogen (secondary N) is 1. The average molecular weight is 435 g/mol. The number of amides is 1. The predicted octanol–water partition coefficient (Wildman–Crippen LogP) is 4.87. The van der Waals surface area contributed by atoms with Gasteiger partial charge in [0.25, 0.3) is 5.91 Å². The van der Waals surface area contributed by atoms with Crippen LogP contribution in [-0.2, 0) is 9.84 Å². The van der Waals surface area contributed by atoms with Crippen LogP contribution in [0.1, 0.15) is 33.6 Å². The van der Waals surface area contributed by atoms with Crippen molar-refractivity contribution in [1.29, 1.82) is 0 Å². The smallest absolute Gasteiger partial charge is 0.322 e. The van der Waals surface area contributed by atoms with Gasteiger partial charge in [0, 0.05) is 10.6 Å². The van der Waals surface area contributed by atoms with Crippen LogP contribution in [0.15, 0.2) is 28.5 Å². The molecular formula is C18H17F4NO3S2. The largest absolute Gasteiger partial charge is 0.395 e. The summed E-state index contributed by atoms with van der Waals surface area (Å²) in [6.07, 6.45) is -5.00. The van der Waals surface area contributed by atoms with Crippen molar-refractivity contribution in [3.05, 3.63) is 46.1 Å². The summed E-state index contributed by atoms with van der Waals surface area (Å²) in [5, 5.41) is 2.54. The number of hydrogen-bond acceptors (Lipinski definition) is 4. The highest BCUT2D eigenvalue weighted by atomic mass is 32.2. The topological polar surface area (TPSA) is 63.2 Å². The normalized spacial score (nSPS) is 16.1. The van der Waals surface area contributed by atoms with Crippen LogP contribution in [0, 0.1) is 25.1 Å². The van der Waals surface area contributed by atoms with Gasteiger partial charge in [-0.3, -0.25) is 4.79 Å². The van der Waals surface area contributed by atoms with E-state index in [1.807, 2.05) is 0 Å². The Balaban J connectivity index is 1.82. The summed E-state index contributed by atoms with van der Waals surface area (Å²) in [6, 6.07) is 5.08. The zero-order valence-corrected chi connectivity index (χ0v) is 16.6. The minimum Gasteiger partial charge on any atom is -0.322 e. The molecule has 10 heteroatoms. The molecular weight excluding hydrogens is 418 g/mol. The van der Waals surface area contributed by atoms with Crippen molar-refractivity contribution in [2.75, 3.05) is 11.1 Å². The minimum absolute atomic E-state index is 0.0578. The zero-order valence-electron chi connectivity index (χ0n) is 15.0. The van der Waals surface area contributed by atoms with Crippen molar-refractivity contribution in [1.82, 2.24) is 0 Å². The molecule has 1 N–H and O–H groups in total. The standard InChI is InChI=1S/C18H17F4NO3S2/c1-10-7-12(3-4-14(10)19)23-16(24)13-8-15(27-11(13)2)28(25,26)9-17(5-6-17)18(20,21)22/h3-4,7-8H,5-6,9H2,1-2H3,(H,23,24). The van der Waals surface area contributed by atoms with Crippen molar-refractivity contribution in [3.63, 3.8) is 0 Å². The van der Waals surface area contributed by atoms with Crippen molar-refractivity contribution in [2.24, 2.45) is 5.41 Å². The second-order valence-corrected chi connectivity index (χ2v) is 10.5. The average Bonchev–Trinajstić information content (AvgIpc) is 3.23. The molecule has 1 saturated carbocycles. The van der Waals surface area contributed by atoms with Crippen LogP contribution in [0.5, 0.6) is 0 Å². The van der Waals surface area contributed by atoms with Crippen LogP contribution in [0.25, 0.3) is 0 Å². The molecule has 0 aliphatic heterocycles. The number of aryl methyl sites for hydroxylation is 2. The molecule has 1 aromatic heterocycles. The third-order valence-electron chi connectivity index (χ3n) is 4.78. The molecule has 2 aromatic rings. The molecule has 0 atom stereocenters. The molecule has 1 aromatic carbocycles. The maximum absolute atomic E-state index is 13.3.